The molecule has 1 aliphatic carbocycles. The first-order valence-corrected chi connectivity index (χ1v) is 17.7. The van der Waals surface area contributed by atoms with Gasteiger partial charge in [0.2, 0.25) is 11.6 Å². The molecule has 0 saturated heterocycles. The van der Waals surface area contributed by atoms with Crippen LogP contribution in [0, 0.1) is 6.92 Å². The van der Waals surface area contributed by atoms with Crippen LogP contribution in [0.2, 0.25) is 0 Å². The Balaban J connectivity index is 2.29. The van der Waals surface area contributed by atoms with Gasteiger partial charge in [0.1, 0.15) is 17.3 Å². The largest absolute Gasteiger partial charge is 0.508 e. The van der Waals surface area contributed by atoms with Gasteiger partial charge < -0.3 is 15.3 Å². The molecule has 0 bridgehead atoms. The molecule has 3 N–H and O–H groups in total. The van der Waals surface area contributed by atoms with Crippen molar-refractivity contribution in [2.45, 2.75) is 133 Å². The summed E-state index contributed by atoms with van der Waals surface area (Å²) in [7, 11) is 0. The van der Waals surface area contributed by atoms with Crippen molar-refractivity contribution in [1.82, 2.24) is 0 Å². The molecule has 49 heavy (non-hydrogen) atoms. The Bertz CT molecular complexity index is 1640. The highest BCUT2D eigenvalue weighted by molar-refractivity contribution is 6.52. The quantitative estimate of drug-likeness (QED) is 0.0872. The van der Waals surface area contributed by atoms with E-state index in [2.05, 4.69) is 65.8 Å². The maximum absolute atomic E-state index is 13.2. The summed E-state index contributed by atoms with van der Waals surface area (Å²) in [6, 6.07) is 1.54. The Morgan fingerprint density at radius 3 is 1.49 bits per heavy atom. The van der Waals surface area contributed by atoms with Crippen molar-refractivity contribution >= 4 is 17.1 Å². The highest BCUT2D eigenvalue weighted by Gasteiger charge is 2.35. The lowest BCUT2D eigenvalue weighted by molar-refractivity contribution is -0.132. The Labute approximate surface area is 295 Å². The van der Waals surface area contributed by atoms with Crippen LogP contribution in [0.4, 0.5) is 0 Å². The number of carbonyl (C=O) groups excluding carboxylic acids is 2. The first kappa shape index (κ1) is 41.1. The molecule has 2 rings (SSSR count). The summed E-state index contributed by atoms with van der Waals surface area (Å²) in [5.41, 5.74) is 8.85. The second-order valence-corrected chi connectivity index (χ2v) is 14.2. The number of phenolic OH excluding ortho intramolecular Hbond substituents is 2. The van der Waals surface area contributed by atoms with Crippen molar-refractivity contribution in [3.05, 3.63) is 110 Å². The van der Waals surface area contributed by atoms with Crippen LogP contribution in [0.15, 0.2) is 92.9 Å². The molecule has 0 amide bonds. The molecule has 0 spiro atoms. The van der Waals surface area contributed by atoms with E-state index in [9.17, 15) is 24.9 Å². The first-order chi connectivity index (χ1) is 23.0. The average Bonchev–Trinajstić information content (AvgIpc) is 3.01. The van der Waals surface area contributed by atoms with Gasteiger partial charge in [-0.3, -0.25) is 9.59 Å². The number of carbonyl (C=O) groups is 2. The fraction of sp³-hybridized carbons (Fsp3) is 0.455. The number of aryl methyl sites for hydroxylation is 1. The summed E-state index contributed by atoms with van der Waals surface area (Å²) in [5, 5.41) is 33.8. The summed E-state index contributed by atoms with van der Waals surface area (Å²) in [5.74, 6) is -1.98. The van der Waals surface area contributed by atoms with Gasteiger partial charge in [-0.25, -0.2) is 0 Å². The number of hydrogen-bond acceptors (Lipinski definition) is 5. The Kier molecular flexibility index (Phi) is 16.6. The number of aliphatic hydroxyl groups is 1. The SMILES string of the molecule is CC(C)=CCC/C(C)=C/CC/C(C)=C/CC1=C(O)C(c2c(C)cc(O)c(C/C=C(\C)CC/C=C(\C)CCC=C(C)C)c2O)=C(C)C(=O)C1=O. The van der Waals surface area contributed by atoms with E-state index in [0.717, 1.165) is 62.5 Å². The Morgan fingerprint density at radius 1 is 0.592 bits per heavy atom. The van der Waals surface area contributed by atoms with E-state index in [4.69, 9.17) is 0 Å². The standard InChI is InChI=1S/C44H60O5/c1-28(2)15-11-17-30(5)19-13-21-32(7)23-25-36-38(45)27-34(9)39(42(36)47)40-35(10)41(46)44(49)37(43(40)48)26-24-33(8)22-14-20-31(6)18-12-16-29(3)4/h15-16,19-20,23-24,27,45,47-48H,11-14,17-18,21-22,25-26H2,1-10H3/b30-19+,31-20+,32-23+,33-24+. The van der Waals surface area contributed by atoms with Crippen LogP contribution in [-0.2, 0) is 16.0 Å². The van der Waals surface area contributed by atoms with E-state index in [1.807, 2.05) is 26.0 Å². The van der Waals surface area contributed by atoms with Gasteiger partial charge in [-0.1, -0.05) is 69.9 Å². The summed E-state index contributed by atoms with van der Waals surface area (Å²) < 4.78 is 0. The van der Waals surface area contributed by atoms with E-state index < -0.39 is 11.6 Å². The molecular formula is C44H60O5. The van der Waals surface area contributed by atoms with Crippen LogP contribution in [0.1, 0.15) is 137 Å². The summed E-state index contributed by atoms with van der Waals surface area (Å²) in [4.78, 5) is 26.3. The molecule has 5 nitrogen and oxygen atoms in total. The molecule has 0 aromatic heterocycles. The summed E-state index contributed by atoms with van der Waals surface area (Å²) in [6.45, 7) is 20.0. The zero-order chi connectivity index (χ0) is 36.8. The molecule has 266 valence electrons. The van der Waals surface area contributed by atoms with Crippen molar-refractivity contribution in [3.8, 4) is 11.5 Å². The molecule has 1 aromatic rings. The second kappa shape index (κ2) is 19.8. The molecule has 0 heterocycles. The minimum atomic E-state index is -0.728. The fourth-order valence-electron chi connectivity index (χ4n) is 5.92. The highest BCUT2D eigenvalue weighted by Crippen LogP contribution is 2.44. The normalized spacial score (nSPS) is 15.0. The molecule has 0 unspecified atom stereocenters. The lowest BCUT2D eigenvalue weighted by atomic mass is 9.82. The minimum Gasteiger partial charge on any atom is -0.508 e. The first-order valence-electron chi connectivity index (χ1n) is 17.7. The average molecular weight is 669 g/mol. The van der Waals surface area contributed by atoms with Crippen molar-refractivity contribution in [2.75, 3.05) is 0 Å². The maximum atomic E-state index is 13.2. The fourth-order valence-corrected chi connectivity index (χ4v) is 5.92. The molecule has 0 atom stereocenters. The lowest BCUT2D eigenvalue weighted by Gasteiger charge is -2.23. The Hall–Kier alpha value is -4.12. The summed E-state index contributed by atoms with van der Waals surface area (Å²) in [6.07, 6.45) is 20.8. The molecule has 1 aromatic carbocycles. The van der Waals surface area contributed by atoms with Crippen molar-refractivity contribution in [1.29, 1.82) is 0 Å². The van der Waals surface area contributed by atoms with Crippen molar-refractivity contribution < 1.29 is 24.9 Å². The third-order valence-electron chi connectivity index (χ3n) is 9.10. The van der Waals surface area contributed by atoms with E-state index in [1.54, 1.807) is 13.0 Å². The van der Waals surface area contributed by atoms with Gasteiger partial charge in [0.15, 0.2) is 0 Å². The number of aliphatic hydroxyl groups excluding tert-OH is 1. The number of hydrogen-bond donors (Lipinski definition) is 3. The van der Waals surface area contributed by atoms with Crippen LogP contribution in [0.25, 0.3) is 5.57 Å². The number of rotatable bonds is 17. The van der Waals surface area contributed by atoms with Crippen LogP contribution < -0.4 is 0 Å². The van der Waals surface area contributed by atoms with Gasteiger partial charge in [0.05, 0.1) is 0 Å². The predicted molar refractivity (Wildman–Crippen MR) is 206 cm³/mol. The van der Waals surface area contributed by atoms with Gasteiger partial charge in [0, 0.05) is 27.8 Å². The van der Waals surface area contributed by atoms with Crippen LogP contribution >= 0.6 is 0 Å². The van der Waals surface area contributed by atoms with E-state index in [-0.39, 0.29) is 52.4 Å². The Morgan fingerprint density at radius 2 is 1.02 bits per heavy atom. The van der Waals surface area contributed by atoms with E-state index >= 15 is 0 Å². The lowest BCUT2D eigenvalue weighted by Crippen LogP contribution is -2.25. The van der Waals surface area contributed by atoms with Crippen molar-refractivity contribution in [3.63, 3.8) is 0 Å². The predicted octanol–water partition coefficient (Wildman–Crippen LogP) is 11.9. The molecule has 5 heteroatoms. The smallest absolute Gasteiger partial charge is 0.233 e. The van der Waals surface area contributed by atoms with Gasteiger partial charge >= 0.3 is 0 Å². The van der Waals surface area contributed by atoms with Gasteiger partial charge in [-0.15, -0.1) is 0 Å². The van der Waals surface area contributed by atoms with Crippen molar-refractivity contribution in [2.24, 2.45) is 0 Å². The third-order valence-corrected chi connectivity index (χ3v) is 9.10. The number of phenols is 2. The van der Waals surface area contributed by atoms with Crippen LogP contribution in [0.3, 0.4) is 0 Å². The summed E-state index contributed by atoms with van der Waals surface area (Å²) >= 11 is 0. The maximum Gasteiger partial charge on any atom is 0.233 e. The molecular weight excluding hydrogens is 608 g/mol. The molecule has 0 saturated carbocycles. The highest BCUT2D eigenvalue weighted by atomic mass is 16.3. The molecule has 0 aliphatic heterocycles. The number of ketones is 2. The molecule has 0 fully saturated rings. The minimum absolute atomic E-state index is 0.0201. The van der Waals surface area contributed by atoms with Gasteiger partial charge in [-0.05, 0) is 145 Å². The van der Waals surface area contributed by atoms with Gasteiger partial charge in [-0.2, -0.15) is 0 Å². The topological polar surface area (TPSA) is 94.8 Å². The third kappa shape index (κ3) is 12.7. The van der Waals surface area contributed by atoms with Crippen LogP contribution in [-0.4, -0.2) is 26.9 Å². The zero-order valence-electron chi connectivity index (χ0n) is 31.8. The van der Waals surface area contributed by atoms with Gasteiger partial charge in [0.25, 0.3) is 0 Å². The number of Topliss-reactive ketones (excluding diaryl/α,β-unsaturated/α-hetero) is 2. The monoisotopic (exact) mass is 668 g/mol. The molecule has 0 radical (unpaired) electrons. The number of allylic oxidation sites excluding steroid dienone is 15. The van der Waals surface area contributed by atoms with E-state index in [1.165, 1.54) is 29.2 Å². The number of benzene rings is 1. The van der Waals surface area contributed by atoms with E-state index in [0.29, 0.717) is 11.1 Å². The zero-order valence-corrected chi connectivity index (χ0v) is 31.8. The second-order valence-electron chi connectivity index (χ2n) is 14.2. The number of aromatic hydroxyl groups is 2. The van der Waals surface area contributed by atoms with Crippen LogP contribution in [0.5, 0.6) is 11.5 Å². The molecule has 1 aliphatic rings.